The van der Waals surface area contributed by atoms with Gasteiger partial charge >= 0.3 is 0 Å². The molecule has 29 heavy (non-hydrogen) atoms. The van der Waals surface area contributed by atoms with Gasteiger partial charge in [0.2, 0.25) is 0 Å². The van der Waals surface area contributed by atoms with Crippen molar-refractivity contribution in [2.45, 2.75) is 32.7 Å². The van der Waals surface area contributed by atoms with Crippen LogP contribution in [0.5, 0.6) is 0 Å². The summed E-state index contributed by atoms with van der Waals surface area (Å²) in [6.07, 6.45) is 4.45. The number of carbonyl (C=O) groups excluding carboxylic acids is 1. The molecule has 0 radical (unpaired) electrons. The van der Waals surface area contributed by atoms with Gasteiger partial charge in [-0.25, -0.2) is 0 Å². The maximum absolute atomic E-state index is 12.8. The van der Waals surface area contributed by atoms with Crippen LogP contribution < -0.4 is 5.32 Å². The maximum atomic E-state index is 12.8. The molecule has 1 aliphatic carbocycles. The third kappa shape index (κ3) is 3.80. The van der Waals surface area contributed by atoms with E-state index in [1.807, 2.05) is 29.1 Å². The van der Waals surface area contributed by atoms with Gasteiger partial charge in [0.15, 0.2) is 0 Å². The minimum absolute atomic E-state index is 0.00800. The van der Waals surface area contributed by atoms with Crippen molar-refractivity contribution >= 4 is 16.8 Å². The highest BCUT2D eigenvalue weighted by Crippen LogP contribution is 2.51. The number of aromatic nitrogens is 2. The Hall–Kier alpha value is -1.92. The zero-order valence-corrected chi connectivity index (χ0v) is 17.5. The molecule has 0 spiro atoms. The molecule has 2 atom stereocenters. The molecule has 1 saturated carbocycles. The third-order valence-corrected chi connectivity index (χ3v) is 7.13. The van der Waals surface area contributed by atoms with Crippen molar-refractivity contribution < 1.29 is 9.53 Å². The first kappa shape index (κ1) is 19.1. The smallest absolute Gasteiger partial charge is 0.253 e. The number of nitrogens with one attached hydrogen (secondary N) is 1. The van der Waals surface area contributed by atoms with Gasteiger partial charge in [-0.15, -0.1) is 0 Å². The Balaban J connectivity index is 1.14. The van der Waals surface area contributed by atoms with Crippen molar-refractivity contribution in [1.82, 2.24) is 20.0 Å². The number of likely N-dealkylation sites (tertiary alicyclic amines) is 1. The van der Waals surface area contributed by atoms with E-state index in [0.29, 0.717) is 11.5 Å². The first-order valence-corrected chi connectivity index (χ1v) is 11.2. The van der Waals surface area contributed by atoms with Crippen molar-refractivity contribution in [3.8, 4) is 0 Å². The Morgan fingerprint density at radius 2 is 2.00 bits per heavy atom. The molecule has 6 nitrogen and oxygen atoms in total. The highest BCUT2D eigenvalue weighted by molar-refractivity contribution is 6.05. The van der Waals surface area contributed by atoms with Crippen LogP contribution in [-0.4, -0.2) is 60.0 Å². The summed E-state index contributed by atoms with van der Waals surface area (Å²) in [4.78, 5) is 15.5. The van der Waals surface area contributed by atoms with Crippen molar-refractivity contribution in [3.63, 3.8) is 0 Å². The fraction of sp³-hybridized carbons (Fsp3) is 0.652. The van der Waals surface area contributed by atoms with Crippen molar-refractivity contribution in [2.24, 2.45) is 23.7 Å². The number of fused-ring (bicyclic) bond motifs is 2. The second kappa shape index (κ2) is 7.73. The van der Waals surface area contributed by atoms with Crippen molar-refractivity contribution in [3.05, 3.63) is 30.0 Å². The largest absolute Gasteiger partial charge is 0.381 e. The molecule has 1 aromatic heterocycles. The molecule has 2 unspecified atom stereocenters. The molecule has 6 heteroatoms. The molecule has 1 amide bonds. The molecule has 3 aliphatic rings. The van der Waals surface area contributed by atoms with Crippen LogP contribution in [0.4, 0.5) is 0 Å². The molecule has 5 rings (SSSR count). The summed E-state index contributed by atoms with van der Waals surface area (Å²) in [6, 6.07) is 6.15. The lowest BCUT2D eigenvalue weighted by Crippen LogP contribution is -2.34. The quantitative estimate of drug-likeness (QED) is 0.816. The summed E-state index contributed by atoms with van der Waals surface area (Å²) >= 11 is 0. The zero-order chi connectivity index (χ0) is 20.0. The number of nitrogens with zero attached hydrogens (tertiary/aromatic N) is 3. The summed E-state index contributed by atoms with van der Waals surface area (Å²) in [6.45, 7) is 10.5. The van der Waals surface area contributed by atoms with Crippen LogP contribution in [0.25, 0.3) is 10.9 Å². The van der Waals surface area contributed by atoms with E-state index in [2.05, 4.69) is 29.2 Å². The first-order chi connectivity index (χ1) is 14.1. The maximum Gasteiger partial charge on any atom is 0.253 e. The summed E-state index contributed by atoms with van der Waals surface area (Å²) in [5.74, 6) is 3.01. The highest BCUT2D eigenvalue weighted by atomic mass is 16.5. The normalized spacial score (nSPS) is 27.5. The molecule has 1 N–H and O–H groups in total. The van der Waals surface area contributed by atoms with E-state index < -0.39 is 0 Å². The van der Waals surface area contributed by atoms with E-state index in [-0.39, 0.29) is 11.9 Å². The zero-order valence-electron chi connectivity index (χ0n) is 17.5. The van der Waals surface area contributed by atoms with Gasteiger partial charge in [0.25, 0.3) is 5.91 Å². The van der Waals surface area contributed by atoms with Gasteiger partial charge < -0.3 is 15.0 Å². The van der Waals surface area contributed by atoms with Crippen LogP contribution in [-0.2, 0) is 4.74 Å². The van der Waals surface area contributed by atoms with E-state index in [0.717, 1.165) is 48.4 Å². The van der Waals surface area contributed by atoms with Gasteiger partial charge in [-0.2, -0.15) is 5.10 Å². The monoisotopic (exact) mass is 396 g/mol. The molecule has 2 aromatic rings. The van der Waals surface area contributed by atoms with Crippen LogP contribution in [0.1, 0.15) is 43.1 Å². The Bertz CT molecular complexity index is 874. The average Bonchev–Trinajstić information content (AvgIpc) is 3.08. The van der Waals surface area contributed by atoms with Crippen LogP contribution >= 0.6 is 0 Å². The number of piperidine rings is 1. The van der Waals surface area contributed by atoms with Crippen molar-refractivity contribution in [2.75, 3.05) is 39.4 Å². The lowest BCUT2D eigenvalue weighted by atomic mass is 9.99. The lowest BCUT2D eigenvalue weighted by Gasteiger charge is -2.28. The predicted molar refractivity (Wildman–Crippen MR) is 113 cm³/mol. The summed E-state index contributed by atoms with van der Waals surface area (Å²) in [5.41, 5.74) is 1.49. The van der Waals surface area contributed by atoms with E-state index >= 15 is 0 Å². The molecule has 156 valence electrons. The number of amides is 1. The fourth-order valence-electron chi connectivity index (χ4n) is 5.30. The van der Waals surface area contributed by atoms with Crippen LogP contribution in [0.15, 0.2) is 24.4 Å². The third-order valence-electron chi connectivity index (χ3n) is 7.13. The Labute approximate surface area is 172 Å². The molecule has 3 heterocycles. The average molecular weight is 397 g/mol. The molecule has 3 fully saturated rings. The second-order valence-corrected chi connectivity index (χ2v) is 9.42. The Kier molecular flexibility index (Phi) is 5.08. The fourth-order valence-corrected chi connectivity index (χ4v) is 5.30. The number of benzene rings is 1. The van der Waals surface area contributed by atoms with Gasteiger partial charge in [0.05, 0.1) is 5.56 Å². The second-order valence-electron chi connectivity index (χ2n) is 9.42. The molecular weight excluding hydrogens is 364 g/mol. The van der Waals surface area contributed by atoms with E-state index in [1.165, 1.54) is 32.5 Å². The van der Waals surface area contributed by atoms with E-state index in [4.69, 9.17) is 4.74 Å². The standard InChI is InChI=1S/C23H32N4O2/c1-15(2)27-12-17-4-3-5-18(22(17)25-27)23(28)24-10-19-20-13-26(14-21(19)20)11-16-6-8-29-9-7-16/h3-5,12,15-16,19-21H,6-11,13-14H2,1-2H3,(H,24,28). The first-order valence-electron chi connectivity index (χ1n) is 11.2. The van der Waals surface area contributed by atoms with E-state index in [9.17, 15) is 4.79 Å². The van der Waals surface area contributed by atoms with Gasteiger partial charge in [-0.3, -0.25) is 9.48 Å². The molecule has 0 bridgehead atoms. The van der Waals surface area contributed by atoms with Gasteiger partial charge in [-0.1, -0.05) is 12.1 Å². The number of ether oxygens (including phenoxy) is 1. The Morgan fingerprint density at radius 1 is 1.24 bits per heavy atom. The van der Waals surface area contributed by atoms with Gasteiger partial charge in [0, 0.05) is 57.0 Å². The Morgan fingerprint density at radius 3 is 2.72 bits per heavy atom. The highest BCUT2D eigenvalue weighted by Gasteiger charge is 2.55. The van der Waals surface area contributed by atoms with Gasteiger partial charge in [0.1, 0.15) is 5.52 Å². The van der Waals surface area contributed by atoms with Gasteiger partial charge in [-0.05, 0) is 56.4 Å². The van der Waals surface area contributed by atoms with E-state index in [1.54, 1.807) is 0 Å². The number of rotatable bonds is 6. The molecule has 2 saturated heterocycles. The van der Waals surface area contributed by atoms with Crippen LogP contribution in [0.3, 0.4) is 0 Å². The van der Waals surface area contributed by atoms with Crippen LogP contribution in [0.2, 0.25) is 0 Å². The molecular formula is C23H32N4O2. The minimum atomic E-state index is 0.00800. The molecule has 1 aromatic carbocycles. The SMILES string of the molecule is CC(C)n1cc2cccc(C(=O)NCC3C4CN(CC5CCOCC5)CC34)c2n1. The molecule has 2 aliphatic heterocycles. The summed E-state index contributed by atoms with van der Waals surface area (Å²) in [5, 5.41) is 8.86. The van der Waals surface area contributed by atoms with Crippen molar-refractivity contribution in [1.29, 1.82) is 0 Å². The minimum Gasteiger partial charge on any atom is -0.381 e. The lowest BCUT2D eigenvalue weighted by molar-refractivity contribution is 0.0535. The topological polar surface area (TPSA) is 59.4 Å². The number of carbonyl (C=O) groups is 1. The number of hydrogen-bond acceptors (Lipinski definition) is 4. The number of hydrogen-bond donors (Lipinski definition) is 1. The summed E-state index contributed by atoms with van der Waals surface area (Å²) in [7, 11) is 0. The van der Waals surface area contributed by atoms with Crippen LogP contribution in [0, 0.1) is 23.7 Å². The predicted octanol–water partition coefficient (Wildman–Crippen LogP) is 2.95. The summed E-state index contributed by atoms with van der Waals surface area (Å²) < 4.78 is 7.41.